The first-order chi connectivity index (χ1) is 9.26. The lowest BCUT2D eigenvalue weighted by Gasteiger charge is -2.23. The van der Waals surface area contributed by atoms with E-state index in [4.69, 9.17) is 0 Å². The first kappa shape index (κ1) is 14.6. The third-order valence-electron chi connectivity index (χ3n) is 3.34. The molecule has 1 N–H and O–H groups in total. The minimum absolute atomic E-state index is 0.0166. The summed E-state index contributed by atoms with van der Waals surface area (Å²) in [7, 11) is 0. The molecular formula is C16H22N2O2. The number of aryl methyl sites for hydroxylation is 1. The summed E-state index contributed by atoms with van der Waals surface area (Å²) in [6, 6.07) is 7.81. The van der Waals surface area contributed by atoms with E-state index in [1.165, 1.54) is 0 Å². The summed E-state index contributed by atoms with van der Waals surface area (Å²) in [5, 5.41) is 2.94. The van der Waals surface area contributed by atoms with Crippen LogP contribution >= 0.6 is 0 Å². The lowest BCUT2D eigenvalue weighted by atomic mass is 10.0. The van der Waals surface area contributed by atoms with Crippen molar-refractivity contribution < 1.29 is 9.59 Å². The summed E-state index contributed by atoms with van der Waals surface area (Å²) in [6.45, 7) is 8.30. The molecule has 1 atom stereocenters. The summed E-state index contributed by atoms with van der Waals surface area (Å²) in [4.78, 5) is 25.9. The molecule has 0 aromatic heterocycles. The SMILES string of the molecule is Cc1ccc(N2C[C@H](C(=O)NC(C)(C)C)CC2=O)cc1. The van der Waals surface area contributed by atoms with Crippen molar-refractivity contribution >= 4 is 17.5 Å². The zero-order chi connectivity index (χ0) is 14.9. The van der Waals surface area contributed by atoms with Crippen LogP contribution in [0.4, 0.5) is 5.69 Å². The number of anilines is 1. The summed E-state index contributed by atoms with van der Waals surface area (Å²) in [6.07, 6.45) is 0.287. The maximum atomic E-state index is 12.1. The van der Waals surface area contributed by atoms with Crippen LogP contribution in [0, 0.1) is 12.8 Å². The van der Waals surface area contributed by atoms with Crippen molar-refractivity contribution in [3.05, 3.63) is 29.8 Å². The normalized spacial score (nSPS) is 19.3. The Balaban J connectivity index is 2.07. The molecule has 4 heteroatoms. The monoisotopic (exact) mass is 274 g/mol. The molecule has 1 aliphatic rings. The smallest absolute Gasteiger partial charge is 0.227 e. The van der Waals surface area contributed by atoms with Gasteiger partial charge < -0.3 is 10.2 Å². The summed E-state index contributed by atoms with van der Waals surface area (Å²) >= 11 is 0. The van der Waals surface area contributed by atoms with E-state index in [0.717, 1.165) is 11.3 Å². The first-order valence-corrected chi connectivity index (χ1v) is 6.95. The fourth-order valence-electron chi connectivity index (χ4n) is 2.33. The minimum Gasteiger partial charge on any atom is -0.351 e. The van der Waals surface area contributed by atoms with Crippen LogP contribution in [0.2, 0.25) is 0 Å². The van der Waals surface area contributed by atoms with E-state index in [2.05, 4.69) is 5.32 Å². The van der Waals surface area contributed by atoms with Crippen LogP contribution < -0.4 is 10.2 Å². The summed E-state index contributed by atoms with van der Waals surface area (Å²) in [5.74, 6) is -0.286. The molecule has 0 spiro atoms. The number of rotatable bonds is 2. The molecule has 0 saturated carbocycles. The van der Waals surface area contributed by atoms with Gasteiger partial charge in [-0.2, -0.15) is 0 Å². The molecule has 2 rings (SSSR count). The van der Waals surface area contributed by atoms with E-state index in [9.17, 15) is 9.59 Å². The number of carbonyl (C=O) groups excluding carboxylic acids is 2. The molecule has 1 aliphatic heterocycles. The van der Waals surface area contributed by atoms with E-state index in [1.807, 2.05) is 52.0 Å². The van der Waals surface area contributed by atoms with Crippen LogP contribution in [-0.2, 0) is 9.59 Å². The van der Waals surface area contributed by atoms with Crippen molar-refractivity contribution in [2.24, 2.45) is 5.92 Å². The number of nitrogens with one attached hydrogen (secondary N) is 1. The Morgan fingerprint density at radius 3 is 2.40 bits per heavy atom. The Morgan fingerprint density at radius 2 is 1.85 bits per heavy atom. The Hall–Kier alpha value is -1.84. The number of carbonyl (C=O) groups is 2. The second-order valence-corrected chi connectivity index (χ2v) is 6.48. The number of hydrogen-bond acceptors (Lipinski definition) is 2. The second kappa shape index (κ2) is 5.27. The second-order valence-electron chi connectivity index (χ2n) is 6.48. The highest BCUT2D eigenvalue weighted by Gasteiger charge is 2.36. The predicted octanol–water partition coefficient (Wildman–Crippen LogP) is 2.26. The Bertz CT molecular complexity index is 514. The van der Waals surface area contributed by atoms with Crippen LogP contribution in [0.1, 0.15) is 32.8 Å². The minimum atomic E-state index is -0.266. The molecule has 2 amide bonds. The van der Waals surface area contributed by atoms with Gasteiger partial charge in [-0.05, 0) is 39.8 Å². The van der Waals surface area contributed by atoms with Gasteiger partial charge in [-0.25, -0.2) is 0 Å². The van der Waals surface area contributed by atoms with Crippen LogP contribution in [0.3, 0.4) is 0 Å². The molecule has 1 aromatic carbocycles. The fourth-order valence-corrected chi connectivity index (χ4v) is 2.33. The fraction of sp³-hybridized carbons (Fsp3) is 0.500. The van der Waals surface area contributed by atoms with Crippen LogP contribution in [0.15, 0.2) is 24.3 Å². The third-order valence-corrected chi connectivity index (χ3v) is 3.34. The maximum Gasteiger partial charge on any atom is 0.227 e. The van der Waals surface area contributed by atoms with Gasteiger partial charge in [0.2, 0.25) is 11.8 Å². The lowest BCUT2D eigenvalue weighted by Crippen LogP contribution is -2.44. The Labute approximate surface area is 120 Å². The molecule has 0 unspecified atom stereocenters. The molecule has 20 heavy (non-hydrogen) atoms. The largest absolute Gasteiger partial charge is 0.351 e. The summed E-state index contributed by atoms with van der Waals surface area (Å²) < 4.78 is 0. The zero-order valence-corrected chi connectivity index (χ0v) is 12.6. The average Bonchev–Trinajstić information content (AvgIpc) is 2.70. The Kier molecular flexibility index (Phi) is 3.84. The van der Waals surface area contributed by atoms with E-state index in [1.54, 1.807) is 4.90 Å². The van der Waals surface area contributed by atoms with Crippen LogP contribution in [0.25, 0.3) is 0 Å². The van der Waals surface area contributed by atoms with Gasteiger partial charge in [0.15, 0.2) is 0 Å². The van der Waals surface area contributed by atoms with E-state index < -0.39 is 0 Å². The van der Waals surface area contributed by atoms with Crippen molar-refractivity contribution in [3.8, 4) is 0 Å². The van der Waals surface area contributed by atoms with E-state index in [-0.39, 0.29) is 29.7 Å². The van der Waals surface area contributed by atoms with Gasteiger partial charge in [0, 0.05) is 24.2 Å². The predicted molar refractivity (Wildman–Crippen MR) is 79.5 cm³/mol. The van der Waals surface area contributed by atoms with Gasteiger partial charge in [0.1, 0.15) is 0 Å². The van der Waals surface area contributed by atoms with Crippen molar-refractivity contribution in [1.82, 2.24) is 5.32 Å². The van der Waals surface area contributed by atoms with Gasteiger partial charge in [-0.1, -0.05) is 17.7 Å². The van der Waals surface area contributed by atoms with Crippen molar-refractivity contribution in [1.29, 1.82) is 0 Å². The molecule has 1 saturated heterocycles. The van der Waals surface area contributed by atoms with E-state index in [0.29, 0.717) is 6.54 Å². The highest BCUT2D eigenvalue weighted by Crippen LogP contribution is 2.25. The zero-order valence-electron chi connectivity index (χ0n) is 12.6. The molecule has 0 aliphatic carbocycles. The number of nitrogens with zero attached hydrogens (tertiary/aromatic N) is 1. The van der Waals surface area contributed by atoms with Crippen LogP contribution in [0.5, 0.6) is 0 Å². The van der Waals surface area contributed by atoms with Crippen molar-refractivity contribution in [2.75, 3.05) is 11.4 Å². The molecular weight excluding hydrogens is 252 g/mol. The van der Waals surface area contributed by atoms with Gasteiger partial charge in [-0.15, -0.1) is 0 Å². The van der Waals surface area contributed by atoms with Gasteiger partial charge in [0.05, 0.1) is 5.92 Å². The third kappa shape index (κ3) is 3.38. The van der Waals surface area contributed by atoms with Gasteiger partial charge >= 0.3 is 0 Å². The quantitative estimate of drug-likeness (QED) is 0.899. The average molecular weight is 274 g/mol. The van der Waals surface area contributed by atoms with E-state index >= 15 is 0 Å². The standard InChI is InChI=1S/C16H22N2O2/c1-11-5-7-13(8-6-11)18-10-12(9-14(18)19)15(20)17-16(2,3)4/h5-8,12H,9-10H2,1-4H3,(H,17,20)/t12-/m1/s1. The molecule has 1 aromatic rings. The first-order valence-electron chi connectivity index (χ1n) is 6.95. The Morgan fingerprint density at radius 1 is 1.25 bits per heavy atom. The lowest BCUT2D eigenvalue weighted by molar-refractivity contribution is -0.127. The summed E-state index contributed by atoms with van der Waals surface area (Å²) in [5.41, 5.74) is 1.76. The highest BCUT2D eigenvalue weighted by molar-refractivity contribution is 6.00. The molecule has 1 fully saturated rings. The topological polar surface area (TPSA) is 49.4 Å². The molecule has 1 heterocycles. The molecule has 4 nitrogen and oxygen atoms in total. The number of hydrogen-bond donors (Lipinski definition) is 1. The van der Waals surface area contributed by atoms with Gasteiger partial charge in [-0.3, -0.25) is 9.59 Å². The number of amides is 2. The van der Waals surface area contributed by atoms with Crippen LogP contribution in [-0.4, -0.2) is 23.9 Å². The molecule has 0 radical (unpaired) electrons. The molecule has 108 valence electrons. The van der Waals surface area contributed by atoms with Crippen molar-refractivity contribution in [3.63, 3.8) is 0 Å². The number of benzene rings is 1. The maximum absolute atomic E-state index is 12.1. The molecule has 0 bridgehead atoms. The highest BCUT2D eigenvalue weighted by atomic mass is 16.2. The van der Waals surface area contributed by atoms with Gasteiger partial charge in [0.25, 0.3) is 0 Å². The van der Waals surface area contributed by atoms with Crippen molar-refractivity contribution in [2.45, 2.75) is 39.7 Å².